The number of rotatable bonds is 5. The Kier molecular flexibility index (Phi) is 4.85. The number of ether oxygens (including phenoxy) is 2. The molecule has 1 saturated carbocycles. The minimum atomic E-state index is -0.221. The van der Waals surface area contributed by atoms with Gasteiger partial charge in [-0.1, -0.05) is 0 Å². The van der Waals surface area contributed by atoms with Crippen LogP contribution in [0.3, 0.4) is 0 Å². The molecular weight excluding hydrogens is 214 g/mol. The third-order valence-electron chi connectivity index (χ3n) is 3.74. The molecule has 0 aromatic carbocycles. The second kappa shape index (κ2) is 6.39. The van der Waals surface area contributed by atoms with E-state index in [0.717, 1.165) is 58.3 Å². The van der Waals surface area contributed by atoms with Crippen molar-refractivity contribution in [3.05, 3.63) is 0 Å². The molecule has 0 bridgehead atoms. The predicted molar refractivity (Wildman–Crippen MR) is 67.6 cm³/mol. The summed E-state index contributed by atoms with van der Waals surface area (Å²) in [6, 6.07) is 0.638. The minimum Gasteiger partial charge on any atom is -0.348 e. The van der Waals surface area contributed by atoms with Gasteiger partial charge in [-0.05, 0) is 32.2 Å². The Morgan fingerprint density at radius 2 is 1.88 bits per heavy atom. The van der Waals surface area contributed by atoms with Gasteiger partial charge in [-0.2, -0.15) is 0 Å². The Morgan fingerprint density at radius 1 is 1.18 bits per heavy atom. The molecule has 2 fully saturated rings. The van der Waals surface area contributed by atoms with E-state index in [1.807, 2.05) is 0 Å². The van der Waals surface area contributed by atoms with Crippen molar-refractivity contribution in [3.8, 4) is 12.3 Å². The van der Waals surface area contributed by atoms with E-state index >= 15 is 0 Å². The summed E-state index contributed by atoms with van der Waals surface area (Å²) < 4.78 is 11.4. The second-order valence-corrected chi connectivity index (χ2v) is 5.00. The first kappa shape index (κ1) is 12.9. The van der Waals surface area contributed by atoms with Crippen LogP contribution in [-0.2, 0) is 9.47 Å². The lowest BCUT2D eigenvalue weighted by Gasteiger charge is -2.35. The fourth-order valence-electron chi connectivity index (χ4n) is 2.71. The van der Waals surface area contributed by atoms with Crippen LogP contribution in [0.5, 0.6) is 0 Å². The van der Waals surface area contributed by atoms with Crippen LogP contribution in [0.4, 0.5) is 0 Å². The van der Waals surface area contributed by atoms with Crippen LogP contribution in [-0.4, -0.2) is 31.6 Å². The van der Waals surface area contributed by atoms with E-state index in [-0.39, 0.29) is 5.79 Å². The highest BCUT2D eigenvalue weighted by atomic mass is 16.7. The molecule has 0 aromatic rings. The highest BCUT2D eigenvalue weighted by Crippen LogP contribution is 2.35. The summed E-state index contributed by atoms with van der Waals surface area (Å²) in [5.74, 6) is 2.46. The first-order chi connectivity index (χ1) is 8.35. The van der Waals surface area contributed by atoms with Crippen molar-refractivity contribution in [3.63, 3.8) is 0 Å². The lowest BCUT2D eigenvalue weighted by molar-refractivity contribution is -0.179. The van der Waals surface area contributed by atoms with Crippen LogP contribution in [0, 0.1) is 12.3 Å². The van der Waals surface area contributed by atoms with Gasteiger partial charge in [0.2, 0.25) is 0 Å². The van der Waals surface area contributed by atoms with Crippen LogP contribution >= 0.6 is 0 Å². The van der Waals surface area contributed by atoms with Gasteiger partial charge in [0.05, 0.1) is 13.2 Å². The zero-order valence-corrected chi connectivity index (χ0v) is 10.5. The molecule has 3 nitrogen and oxygen atoms in total. The minimum absolute atomic E-state index is 0.221. The highest BCUT2D eigenvalue weighted by Gasteiger charge is 2.39. The Labute approximate surface area is 104 Å². The van der Waals surface area contributed by atoms with Gasteiger partial charge in [-0.25, -0.2) is 0 Å². The van der Waals surface area contributed by atoms with Crippen molar-refractivity contribution in [1.29, 1.82) is 0 Å². The summed E-state index contributed by atoms with van der Waals surface area (Å²) in [6.07, 6.45) is 12.8. The van der Waals surface area contributed by atoms with E-state index in [2.05, 4.69) is 11.2 Å². The number of hydrogen-bond donors (Lipinski definition) is 1. The van der Waals surface area contributed by atoms with Crippen LogP contribution in [0.2, 0.25) is 0 Å². The molecule has 1 saturated heterocycles. The molecule has 1 spiro atoms. The number of unbranched alkanes of at least 4 members (excludes halogenated alkanes) is 2. The summed E-state index contributed by atoms with van der Waals surface area (Å²) in [5, 5.41) is 3.61. The summed E-state index contributed by atoms with van der Waals surface area (Å²) in [4.78, 5) is 0. The molecular formula is C14H23NO2. The monoisotopic (exact) mass is 237 g/mol. The van der Waals surface area contributed by atoms with Gasteiger partial charge in [0.15, 0.2) is 5.79 Å². The first-order valence-corrected chi connectivity index (χ1v) is 6.79. The van der Waals surface area contributed by atoms with Crippen molar-refractivity contribution in [2.75, 3.05) is 19.8 Å². The molecule has 17 heavy (non-hydrogen) atoms. The van der Waals surface area contributed by atoms with E-state index in [1.54, 1.807) is 0 Å². The molecule has 0 unspecified atom stereocenters. The van der Waals surface area contributed by atoms with Gasteiger partial charge >= 0.3 is 0 Å². The quantitative estimate of drug-likeness (QED) is 0.586. The van der Waals surface area contributed by atoms with E-state index in [0.29, 0.717) is 6.04 Å². The normalized spacial score (nSPS) is 23.9. The molecule has 0 atom stereocenters. The topological polar surface area (TPSA) is 30.5 Å². The standard InChI is InChI=1S/C14H23NO2/c1-2-3-4-5-10-15-13-6-8-14(9-7-13)16-11-12-17-14/h1,13,15H,3-12H2. The molecule has 0 amide bonds. The summed E-state index contributed by atoms with van der Waals surface area (Å²) >= 11 is 0. The summed E-state index contributed by atoms with van der Waals surface area (Å²) in [5.41, 5.74) is 0. The molecule has 1 aliphatic heterocycles. The fraction of sp³-hybridized carbons (Fsp3) is 0.857. The van der Waals surface area contributed by atoms with Gasteiger partial charge in [0.1, 0.15) is 0 Å². The maximum absolute atomic E-state index is 5.72. The molecule has 1 heterocycles. The molecule has 3 heteroatoms. The molecule has 2 aliphatic rings. The van der Waals surface area contributed by atoms with Crippen molar-refractivity contribution < 1.29 is 9.47 Å². The summed E-state index contributed by atoms with van der Waals surface area (Å²) in [6.45, 7) is 2.62. The average molecular weight is 237 g/mol. The van der Waals surface area contributed by atoms with Gasteiger partial charge in [0.25, 0.3) is 0 Å². The Morgan fingerprint density at radius 3 is 2.53 bits per heavy atom. The van der Waals surface area contributed by atoms with Gasteiger partial charge < -0.3 is 14.8 Å². The maximum atomic E-state index is 5.72. The SMILES string of the molecule is C#CCCCCNC1CCC2(CC1)OCCO2. The molecule has 1 N–H and O–H groups in total. The number of hydrogen-bond acceptors (Lipinski definition) is 3. The third-order valence-corrected chi connectivity index (χ3v) is 3.74. The van der Waals surface area contributed by atoms with Crippen molar-refractivity contribution in [2.45, 2.75) is 56.8 Å². The van der Waals surface area contributed by atoms with Crippen LogP contribution in [0.15, 0.2) is 0 Å². The van der Waals surface area contributed by atoms with E-state index < -0.39 is 0 Å². The predicted octanol–water partition coefficient (Wildman–Crippen LogP) is 2.07. The van der Waals surface area contributed by atoms with Gasteiger partial charge in [-0.15, -0.1) is 12.3 Å². The lowest BCUT2D eigenvalue weighted by atomic mass is 9.90. The zero-order chi connectivity index (χ0) is 12.0. The Balaban J connectivity index is 1.58. The largest absolute Gasteiger partial charge is 0.348 e. The number of terminal acetylenes is 1. The number of nitrogens with one attached hydrogen (secondary N) is 1. The summed E-state index contributed by atoms with van der Waals surface area (Å²) in [7, 11) is 0. The van der Waals surface area contributed by atoms with E-state index in [9.17, 15) is 0 Å². The smallest absolute Gasteiger partial charge is 0.168 e. The Bertz CT molecular complexity index is 256. The van der Waals surface area contributed by atoms with E-state index in [4.69, 9.17) is 15.9 Å². The maximum Gasteiger partial charge on any atom is 0.168 e. The highest BCUT2D eigenvalue weighted by molar-refractivity contribution is 4.86. The first-order valence-electron chi connectivity index (χ1n) is 6.79. The van der Waals surface area contributed by atoms with Crippen molar-refractivity contribution in [1.82, 2.24) is 5.32 Å². The molecule has 0 aromatic heterocycles. The average Bonchev–Trinajstić information content (AvgIpc) is 2.80. The Hall–Kier alpha value is -0.560. The van der Waals surface area contributed by atoms with Crippen molar-refractivity contribution in [2.24, 2.45) is 0 Å². The lowest BCUT2D eigenvalue weighted by Crippen LogP contribution is -2.42. The third kappa shape index (κ3) is 3.70. The van der Waals surface area contributed by atoms with E-state index in [1.165, 1.54) is 6.42 Å². The molecule has 96 valence electrons. The second-order valence-electron chi connectivity index (χ2n) is 5.00. The molecule has 2 rings (SSSR count). The van der Waals surface area contributed by atoms with Gasteiger partial charge in [0, 0.05) is 25.3 Å². The van der Waals surface area contributed by atoms with Crippen molar-refractivity contribution >= 4 is 0 Å². The zero-order valence-electron chi connectivity index (χ0n) is 10.5. The fourth-order valence-corrected chi connectivity index (χ4v) is 2.71. The van der Waals surface area contributed by atoms with Crippen LogP contribution < -0.4 is 5.32 Å². The molecule has 0 radical (unpaired) electrons. The van der Waals surface area contributed by atoms with Crippen LogP contribution in [0.1, 0.15) is 44.9 Å². The van der Waals surface area contributed by atoms with Gasteiger partial charge in [-0.3, -0.25) is 0 Å². The van der Waals surface area contributed by atoms with Crippen LogP contribution in [0.25, 0.3) is 0 Å². The molecule has 1 aliphatic carbocycles.